The fourth-order valence-electron chi connectivity index (χ4n) is 2.14. The van der Waals surface area contributed by atoms with Crippen LogP contribution >= 0.6 is 0 Å². The summed E-state index contributed by atoms with van der Waals surface area (Å²) in [4.78, 5) is 25.1. The van der Waals surface area contributed by atoms with Crippen molar-refractivity contribution in [3.8, 4) is 0 Å². The molecule has 1 amide bonds. The largest absolute Gasteiger partial charge is 0.480 e. The van der Waals surface area contributed by atoms with E-state index in [9.17, 15) is 14.7 Å². The van der Waals surface area contributed by atoms with Crippen molar-refractivity contribution in [3.05, 3.63) is 35.9 Å². The number of carboxylic acids is 1. The molecule has 0 spiro atoms. The minimum absolute atomic E-state index is 0.278. The number of hydrogen-bond donors (Lipinski definition) is 1. The molecule has 1 rings (SSSR count). The highest BCUT2D eigenvalue weighted by Crippen LogP contribution is 2.11. The first-order chi connectivity index (χ1) is 10.5. The molecule has 1 aromatic rings. The topological polar surface area (TPSA) is 66.8 Å². The van der Waals surface area contributed by atoms with Crippen molar-refractivity contribution < 1.29 is 19.4 Å². The summed E-state index contributed by atoms with van der Waals surface area (Å²) < 4.78 is 5.46. The van der Waals surface area contributed by atoms with E-state index < -0.39 is 18.1 Å². The van der Waals surface area contributed by atoms with Gasteiger partial charge in [0, 0.05) is 20.1 Å². The van der Waals surface area contributed by atoms with E-state index in [4.69, 9.17) is 4.74 Å². The van der Waals surface area contributed by atoms with Crippen LogP contribution in [0.4, 0.5) is 0 Å². The van der Waals surface area contributed by atoms with E-state index in [0.717, 1.165) is 18.4 Å². The smallest absolute Gasteiger partial charge is 0.326 e. The molecule has 0 saturated carbocycles. The highest BCUT2D eigenvalue weighted by molar-refractivity contribution is 5.86. The van der Waals surface area contributed by atoms with Gasteiger partial charge in [-0.25, -0.2) is 4.79 Å². The molecule has 22 heavy (non-hydrogen) atoms. The number of unbranched alkanes of at least 4 members (excludes halogenated alkanes) is 1. The van der Waals surface area contributed by atoms with Crippen molar-refractivity contribution in [3.63, 3.8) is 0 Å². The highest BCUT2D eigenvalue weighted by Gasteiger charge is 2.29. The number of benzene rings is 1. The summed E-state index contributed by atoms with van der Waals surface area (Å²) >= 11 is 0. The molecule has 0 aromatic heterocycles. The maximum absolute atomic E-state index is 12.3. The first-order valence-electron chi connectivity index (χ1n) is 7.62. The molecule has 1 N–H and O–H groups in total. The van der Waals surface area contributed by atoms with Gasteiger partial charge in [-0.1, -0.05) is 43.7 Å². The Bertz CT molecular complexity index is 475. The van der Waals surface area contributed by atoms with Gasteiger partial charge >= 0.3 is 5.97 Å². The molecule has 122 valence electrons. The van der Waals surface area contributed by atoms with Crippen LogP contribution in [0.5, 0.6) is 0 Å². The van der Waals surface area contributed by atoms with Gasteiger partial charge in [0.05, 0.1) is 0 Å². The third-order valence-corrected chi connectivity index (χ3v) is 3.59. The number of ether oxygens (including phenoxy) is 1. The average Bonchev–Trinajstić information content (AvgIpc) is 2.52. The number of amides is 1. The molecular weight excluding hydrogens is 282 g/mol. The Morgan fingerprint density at radius 1 is 1.27 bits per heavy atom. The van der Waals surface area contributed by atoms with Crippen LogP contribution in [0.1, 0.15) is 32.3 Å². The SMILES string of the molecule is CCCCOC(C)C(=O)N(C)C(Cc1ccccc1)C(=O)O. The second-order valence-corrected chi connectivity index (χ2v) is 5.36. The van der Waals surface area contributed by atoms with Crippen LogP contribution < -0.4 is 0 Å². The van der Waals surface area contributed by atoms with Crippen molar-refractivity contribution in [1.82, 2.24) is 4.90 Å². The Morgan fingerprint density at radius 2 is 1.91 bits per heavy atom. The van der Waals surface area contributed by atoms with E-state index in [-0.39, 0.29) is 12.3 Å². The number of carboxylic acid groups (broad SMARTS) is 1. The lowest BCUT2D eigenvalue weighted by Crippen LogP contribution is -2.47. The number of rotatable bonds is 9. The van der Waals surface area contributed by atoms with E-state index in [1.165, 1.54) is 11.9 Å². The quantitative estimate of drug-likeness (QED) is 0.711. The summed E-state index contributed by atoms with van der Waals surface area (Å²) in [5.41, 5.74) is 0.883. The molecule has 5 heteroatoms. The lowest BCUT2D eigenvalue weighted by Gasteiger charge is -2.27. The predicted octanol–water partition coefficient (Wildman–Crippen LogP) is 2.35. The first kappa shape index (κ1) is 18.2. The fraction of sp³-hybridized carbons (Fsp3) is 0.529. The molecule has 0 bridgehead atoms. The van der Waals surface area contributed by atoms with Gasteiger partial charge in [-0.05, 0) is 18.9 Å². The first-order valence-corrected chi connectivity index (χ1v) is 7.62. The number of carbonyl (C=O) groups excluding carboxylic acids is 1. The zero-order chi connectivity index (χ0) is 16.5. The Kier molecular flexibility index (Phi) is 7.60. The summed E-state index contributed by atoms with van der Waals surface area (Å²) in [5, 5.41) is 9.42. The molecule has 1 aromatic carbocycles. The van der Waals surface area contributed by atoms with Gasteiger partial charge < -0.3 is 14.7 Å². The predicted molar refractivity (Wildman–Crippen MR) is 84.7 cm³/mol. The van der Waals surface area contributed by atoms with Crippen molar-refractivity contribution in [1.29, 1.82) is 0 Å². The normalized spacial score (nSPS) is 13.4. The Balaban J connectivity index is 2.70. The summed E-state index contributed by atoms with van der Waals surface area (Å²) in [6.45, 7) is 4.21. The minimum Gasteiger partial charge on any atom is -0.480 e. The molecule has 2 atom stereocenters. The maximum atomic E-state index is 12.3. The molecule has 0 aliphatic carbocycles. The third kappa shape index (κ3) is 5.48. The number of likely N-dealkylation sites (N-methyl/N-ethyl adjacent to an activating group) is 1. The third-order valence-electron chi connectivity index (χ3n) is 3.59. The van der Waals surface area contributed by atoms with Gasteiger partial charge in [0.25, 0.3) is 5.91 Å². The van der Waals surface area contributed by atoms with Crippen molar-refractivity contribution in [2.75, 3.05) is 13.7 Å². The zero-order valence-electron chi connectivity index (χ0n) is 13.5. The van der Waals surface area contributed by atoms with Gasteiger partial charge in [-0.2, -0.15) is 0 Å². The van der Waals surface area contributed by atoms with Crippen molar-refractivity contribution >= 4 is 11.9 Å². The van der Waals surface area contributed by atoms with Gasteiger partial charge in [-0.15, -0.1) is 0 Å². The number of hydrogen-bond acceptors (Lipinski definition) is 3. The van der Waals surface area contributed by atoms with Gasteiger partial charge in [0.1, 0.15) is 12.1 Å². The van der Waals surface area contributed by atoms with Crippen molar-refractivity contribution in [2.45, 2.75) is 45.3 Å². The standard InChI is InChI=1S/C17H25NO4/c1-4-5-11-22-13(2)16(19)18(3)15(17(20)21)12-14-9-7-6-8-10-14/h6-10,13,15H,4-5,11-12H2,1-3H3,(H,20,21). The molecule has 0 aliphatic rings. The molecule has 0 radical (unpaired) electrons. The van der Waals surface area contributed by atoms with Crippen LogP contribution in [0, 0.1) is 0 Å². The maximum Gasteiger partial charge on any atom is 0.326 e. The number of nitrogens with zero attached hydrogens (tertiary/aromatic N) is 1. The highest BCUT2D eigenvalue weighted by atomic mass is 16.5. The monoisotopic (exact) mass is 307 g/mol. The van der Waals surface area contributed by atoms with Crippen LogP contribution in [0.15, 0.2) is 30.3 Å². The molecule has 0 saturated heterocycles. The molecule has 0 heterocycles. The lowest BCUT2D eigenvalue weighted by atomic mass is 10.0. The molecule has 2 unspecified atom stereocenters. The Labute approximate surface area is 131 Å². The van der Waals surface area contributed by atoms with E-state index in [1.54, 1.807) is 6.92 Å². The average molecular weight is 307 g/mol. The van der Waals surface area contributed by atoms with Gasteiger partial charge in [0.2, 0.25) is 0 Å². The minimum atomic E-state index is -1.01. The fourth-order valence-corrected chi connectivity index (χ4v) is 2.14. The molecular formula is C17H25NO4. The number of aliphatic carboxylic acids is 1. The zero-order valence-corrected chi connectivity index (χ0v) is 13.5. The summed E-state index contributed by atoms with van der Waals surface area (Å²) in [5.74, 6) is -1.32. The second kappa shape index (κ2) is 9.20. The van der Waals surface area contributed by atoms with Crippen LogP contribution in [-0.4, -0.2) is 47.7 Å². The van der Waals surface area contributed by atoms with Gasteiger partial charge in [0.15, 0.2) is 0 Å². The van der Waals surface area contributed by atoms with Crippen LogP contribution in [-0.2, 0) is 20.7 Å². The molecule has 0 aliphatic heterocycles. The molecule has 0 fully saturated rings. The Hall–Kier alpha value is -1.88. The second-order valence-electron chi connectivity index (χ2n) is 5.36. The summed E-state index contributed by atoms with van der Waals surface area (Å²) in [6.07, 6.45) is 1.52. The van der Waals surface area contributed by atoms with Crippen molar-refractivity contribution in [2.24, 2.45) is 0 Å². The van der Waals surface area contributed by atoms with E-state index in [0.29, 0.717) is 6.61 Å². The van der Waals surface area contributed by atoms with E-state index >= 15 is 0 Å². The Morgan fingerprint density at radius 3 is 2.45 bits per heavy atom. The number of carbonyl (C=O) groups is 2. The van der Waals surface area contributed by atoms with E-state index in [2.05, 4.69) is 0 Å². The summed E-state index contributed by atoms with van der Waals surface area (Å²) in [6, 6.07) is 8.40. The van der Waals surface area contributed by atoms with Crippen LogP contribution in [0.3, 0.4) is 0 Å². The van der Waals surface area contributed by atoms with Crippen LogP contribution in [0.25, 0.3) is 0 Å². The molecule has 5 nitrogen and oxygen atoms in total. The summed E-state index contributed by atoms with van der Waals surface area (Å²) in [7, 11) is 1.52. The van der Waals surface area contributed by atoms with Crippen LogP contribution in [0.2, 0.25) is 0 Å². The van der Waals surface area contributed by atoms with E-state index in [1.807, 2.05) is 37.3 Å². The van der Waals surface area contributed by atoms with Gasteiger partial charge in [-0.3, -0.25) is 4.79 Å². The lowest BCUT2D eigenvalue weighted by molar-refractivity contribution is -0.154.